The van der Waals surface area contributed by atoms with Gasteiger partial charge in [-0.1, -0.05) is 6.92 Å². The minimum Gasteiger partial charge on any atom is -0.347 e. The molecule has 0 saturated carbocycles. The summed E-state index contributed by atoms with van der Waals surface area (Å²) in [5, 5.41) is 1.33. The van der Waals surface area contributed by atoms with Crippen LogP contribution in [0.3, 0.4) is 0 Å². The Morgan fingerprint density at radius 1 is 1.07 bits per heavy atom. The van der Waals surface area contributed by atoms with E-state index in [-0.39, 0.29) is 0 Å². The van der Waals surface area contributed by atoms with E-state index in [0.29, 0.717) is 0 Å². The fourth-order valence-electron chi connectivity index (χ4n) is 5.31. The summed E-state index contributed by atoms with van der Waals surface area (Å²) < 4.78 is 2.30. The van der Waals surface area contributed by atoms with Gasteiger partial charge in [0.05, 0.1) is 24.2 Å². The van der Waals surface area contributed by atoms with Crippen molar-refractivity contribution in [2.24, 2.45) is 5.92 Å². The minimum atomic E-state index is 0.839. The van der Waals surface area contributed by atoms with E-state index < -0.39 is 0 Å². The van der Waals surface area contributed by atoms with Crippen molar-refractivity contribution in [1.82, 2.24) is 24.4 Å². The van der Waals surface area contributed by atoms with Gasteiger partial charge in [0.2, 0.25) is 0 Å². The number of imidazole rings is 1. The number of nitrogens with zero attached hydrogens (tertiary/aromatic N) is 6. The zero-order valence-electron chi connectivity index (χ0n) is 18.0. The molecule has 3 aromatic heterocycles. The number of rotatable bonds is 3. The Balaban J connectivity index is 1.38. The molecule has 0 bridgehead atoms. The van der Waals surface area contributed by atoms with Crippen LogP contribution in [0.4, 0.5) is 5.82 Å². The quantitative estimate of drug-likeness (QED) is 0.640. The lowest BCUT2D eigenvalue weighted by atomic mass is 9.99. The predicted molar refractivity (Wildman–Crippen MR) is 121 cm³/mol. The molecule has 3 aliphatic rings. The molecule has 0 aromatic carbocycles. The number of thiophene rings is 1. The van der Waals surface area contributed by atoms with E-state index in [4.69, 9.17) is 15.0 Å². The molecule has 30 heavy (non-hydrogen) atoms. The van der Waals surface area contributed by atoms with Crippen LogP contribution in [0.2, 0.25) is 0 Å². The van der Waals surface area contributed by atoms with Crippen LogP contribution in [-0.2, 0) is 32.5 Å². The highest BCUT2D eigenvalue weighted by molar-refractivity contribution is 7.19. The van der Waals surface area contributed by atoms with E-state index in [1.54, 1.807) is 4.88 Å². The summed E-state index contributed by atoms with van der Waals surface area (Å²) in [5.74, 6) is 4.16. The number of aryl methyl sites for hydroxylation is 3. The average molecular weight is 423 g/mol. The highest BCUT2D eigenvalue weighted by atomic mass is 32.1. The lowest BCUT2D eigenvalue weighted by Crippen LogP contribution is -2.35. The molecule has 3 aromatic rings. The SMILES string of the molecule is Cc1cn2c(n1)CN(c1nc(CN3CCC(C)CC3)nc3sc4c(c13)CCC4)CC2. The van der Waals surface area contributed by atoms with Gasteiger partial charge in [-0.2, -0.15) is 0 Å². The largest absolute Gasteiger partial charge is 0.347 e. The number of anilines is 1. The maximum Gasteiger partial charge on any atom is 0.146 e. The molecule has 0 spiro atoms. The first-order chi connectivity index (χ1) is 14.6. The Morgan fingerprint density at radius 3 is 2.80 bits per heavy atom. The van der Waals surface area contributed by atoms with Crippen LogP contribution in [-0.4, -0.2) is 44.1 Å². The molecule has 7 heteroatoms. The Bertz CT molecular complexity index is 1090. The smallest absolute Gasteiger partial charge is 0.146 e. The van der Waals surface area contributed by atoms with Gasteiger partial charge in [0.1, 0.15) is 22.3 Å². The lowest BCUT2D eigenvalue weighted by Gasteiger charge is -2.31. The zero-order valence-corrected chi connectivity index (χ0v) is 18.8. The summed E-state index contributed by atoms with van der Waals surface area (Å²) in [6.45, 7) is 10.5. The van der Waals surface area contributed by atoms with Crippen molar-refractivity contribution in [1.29, 1.82) is 0 Å². The van der Waals surface area contributed by atoms with Gasteiger partial charge >= 0.3 is 0 Å². The molecule has 1 aliphatic carbocycles. The molecule has 2 aliphatic heterocycles. The van der Waals surface area contributed by atoms with E-state index in [2.05, 4.69) is 34.4 Å². The van der Waals surface area contributed by atoms with Gasteiger partial charge in [0.15, 0.2) is 0 Å². The number of piperidine rings is 1. The molecule has 6 nitrogen and oxygen atoms in total. The fraction of sp³-hybridized carbons (Fsp3) is 0.609. The van der Waals surface area contributed by atoms with Gasteiger partial charge in [0.25, 0.3) is 0 Å². The summed E-state index contributed by atoms with van der Waals surface area (Å²) in [6, 6.07) is 0. The molecule has 0 atom stereocenters. The molecule has 1 saturated heterocycles. The lowest BCUT2D eigenvalue weighted by molar-refractivity contribution is 0.181. The minimum absolute atomic E-state index is 0.839. The normalized spacial score (nSPS) is 20.1. The second-order valence-electron chi connectivity index (χ2n) is 9.37. The fourth-order valence-corrected chi connectivity index (χ4v) is 6.59. The van der Waals surface area contributed by atoms with Gasteiger partial charge in [-0.15, -0.1) is 11.3 Å². The number of hydrogen-bond donors (Lipinski definition) is 0. The number of aromatic nitrogens is 4. The van der Waals surface area contributed by atoms with Gasteiger partial charge in [-0.25, -0.2) is 15.0 Å². The van der Waals surface area contributed by atoms with E-state index in [0.717, 1.165) is 55.3 Å². The second kappa shape index (κ2) is 7.31. The predicted octanol–water partition coefficient (Wildman–Crippen LogP) is 3.94. The van der Waals surface area contributed by atoms with Crippen molar-refractivity contribution in [2.75, 3.05) is 24.5 Å². The summed E-state index contributed by atoms with van der Waals surface area (Å²) in [4.78, 5) is 22.8. The Hall–Kier alpha value is -1.99. The van der Waals surface area contributed by atoms with Crippen LogP contribution in [0.25, 0.3) is 10.2 Å². The zero-order chi connectivity index (χ0) is 20.2. The molecule has 1 fully saturated rings. The topological polar surface area (TPSA) is 50.1 Å². The Labute approximate surface area is 181 Å². The summed E-state index contributed by atoms with van der Waals surface area (Å²) in [5.41, 5.74) is 2.63. The highest BCUT2D eigenvalue weighted by Gasteiger charge is 2.28. The molecule has 158 valence electrons. The van der Waals surface area contributed by atoms with Crippen LogP contribution in [0.1, 0.15) is 54.0 Å². The molecular formula is C23H30N6S. The van der Waals surface area contributed by atoms with E-state index >= 15 is 0 Å². The van der Waals surface area contributed by atoms with Crippen LogP contribution in [0, 0.1) is 12.8 Å². The van der Waals surface area contributed by atoms with Crippen molar-refractivity contribution in [2.45, 2.75) is 65.6 Å². The van der Waals surface area contributed by atoms with E-state index in [9.17, 15) is 0 Å². The first-order valence-electron chi connectivity index (χ1n) is 11.4. The number of likely N-dealkylation sites (tertiary alicyclic amines) is 1. The van der Waals surface area contributed by atoms with Crippen LogP contribution in [0.15, 0.2) is 6.20 Å². The van der Waals surface area contributed by atoms with Crippen molar-refractivity contribution < 1.29 is 0 Å². The van der Waals surface area contributed by atoms with Crippen LogP contribution < -0.4 is 4.90 Å². The maximum atomic E-state index is 5.21. The third-order valence-corrected chi connectivity index (χ3v) is 8.24. The summed E-state index contributed by atoms with van der Waals surface area (Å²) in [7, 11) is 0. The van der Waals surface area contributed by atoms with Crippen LogP contribution in [0.5, 0.6) is 0 Å². The Morgan fingerprint density at radius 2 is 1.93 bits per heavy atom. The van der Waals surface area contributed by atoms with E-state index in [1.807, 2.05) is 11.3 Å². The first kappa shape index (κ1) is 18.8. The molecule has 6 rings (SSSR count). The van der Waals surface area contributed by atoms with Crippen molar-refractivity contribution >= 4 is 27.4 Å². The monoisotopic (exact) mass is 422 g/mol. The van der Waals surface area contributed by atoms with E-state index in [1.165, 1.54) is 61.0 Å². The number of hydrogen-bond acceptors (Lipinski definition) is 6. The van der Waals surface area contributed by atoms with Gasteiger partial charge in [-0.05, 0) is 63.6 Å². The standard InChI is InChI=1S/C23H30N6S/c1-15-6-8-27(9-7-15)13-19-25-22(21-17-4-3-5-18(17)30-23(21)26-19)29-11-10-28-12-16(2)24-20(28)14-29/h12,15H,3-11,13-14H2,1-2H3. The van der Waals surface area contributed by atoms with Crippen LogP contribution >= 0.6 is 11.3 Å². The first-order valence-corrected chi connectivity index (χ1v) is 12.3. The summed E-state index contributed by atoms with van der Waals surface area (Å²) >= 11 is 1.91. The highest BCUT2D eigenvalue weighted by Crippen LogP contribution is 2.41. The molecule has 0 amide bonds. The third kappa shape index (κ3) is 3.23. The van der Waals surface area contributed by atoms with Gasteiger partial charge in [-0.3, -0.25) is 4.90 Å². The average Bonchev–Trinajstić information content (AvgIpc) is 3.41. The molecule has 0 radical (unpaired) electrons. The maximum absolute atomic E-state index is 5.21. The van der Waals surface area contributed by atoms with Gasteiger partial charge < -0.3 is 9.47 Å². The van der Waals surface area contributed by atoms with Gasteiger partial charge in [0, 0.05) is 24.2 Å². The number of fused-ring (bicyclic) bond motifs is 4. The van der Waals surface area contributed by atoms with Crippen molar-refractivity contribution in [3.05, 3.63) is 34.0 Å². The van der Waals surface area contributed by atoms with Crippen molar-refractivity contribution in [3.8, 4) is 0 Å². The molecule has 5 heterocycles. The third-order valence-electron chi connectivity index (χ3n) is 7.06. The van der Waals surface area contributed by atoms with Crippen molar-refractivity contribution in [3.63, 3.8) is 0 Å². The molecule has 0 unspecified atom stereocenters. The molecular weight excluding hydrogens is 392 g/mol. The molecule has 0 N–H and O–H groups in total. The second-order valence-corrected chi connectivity index (χ2v) is 10.5. The summed E-state index contributed by atoms with van der Waals surface area (Å²) in [6.07, 6.45) is 8.41. The Kier molecular flexibility index (Phi) is 4.57.